The maximum Gasteiger partial charge on any atom is 0.158 e. The van der Waals surface area contributed by atoms with E-state index in [1.165, 1.54) is 0 Å². The number of imidazole rings is 1. The minimum absolute atomic E-state index is 0.270. The van der Waals surface area contributed by atoms with Crippen LogP contribution in [0, 0.1) is 0 Å². The second-order valence-electron chi connectivity index (χ2n) is 4.63. The highest BCUT2D eigenvalue weighted by atomic mass is 35.5. The largest absolute Gasteiger partial charge is 0.307 e. The minimum atomic E-state index is -3.04. The molecule has 96 valence electrons. The molecule has 2 aromatic heterocycles. The molecule has 1 atom stereocenters. The van der Waals surface area contributed by atoms with E-state index in [9.17, 15) is 8.42 Å². The Morgan fingerprint density at radius 3 is 3.00 bits per heavy atom. The van der Waals surface area contributed by atoms with E-state index in [-0.39, 0.29) is 5.75 Å². The second-order valence-corrected chi connectivity index (χ2v) is 7.37. The number of halogens is 1. The minimum Gasteiger partial charge on any atom is -0.307 e. The summed E-state index contributed by atoms with van der Waals surface area (Å²) in [7, 11) is -3.04. The fraction of sp³-hybridized carbons (Fsp3) is 0.417. The first-order valence-electron chi connectivity index (χ1n) is 5.92. The highest BCUT2D eigenvalue weighted by Gasteiger charge is 2.32. The Morgan fingerprint density at radius 1 is 1.39 bits per heavy atom. The van der Waals surface area contributed by atoms with Crippen LogP contribution in [0.15, 0.2) is 24.5 Å². The summed E-state index contributed by atoms with van der Waals surface area (Å²) >= 11 is 5.90. The highest BCUT2D eigenvalue weighted by molar-refractivity contribution is 7.91. The number of aromatic nitrogens is 2. The van der Waals surface area contributed by atoms with Crippen molar-refractivity contribution in [1.29, 1.82) is 0 Å². The smallest absolute Gasteiger partial charge is 0.158 e. The average Bonchev–Trinajstić information content (AvgIpc) is 2.70. The number of fused-ring (bicyclic) bond motifs is 1. The SMILES string of the molecule is O=S1(=O)CCCCC1c1cn2ccc(Cl)cc2n1. The van der Waals surface area contributed by atoms with Crippen molar-refractivity contribution < 1.29 is 8.42 Å². The predicted octanol–water partition coefficient (Wildman–Crippen LogP) is 2.63. The lowest BCUT2D eigenvalue weighted by atomic mass is 10.1. The summed E-state index contributed by atoms with van der Waals surface area (Å²) in [5.74, 6) is 0.270. The molecule has 0 radical (unpaired) electrons. The zero-order chi connectivity index (χ0) is 12.8. The summed E-state index contributed by atoms with van der Waals surface area (Å²) in [4.78, 5) is 4.39. The third-order valence-electron chi connectivity index (χ3n) is 3.35. The molecular weight excluding hydrogens is 272 g/mol. The van der Waals surface area contributed by atoms with Gasteiger partial charge in [-0.05, 0) is 25.0 Å². The lowest BCUT2D eigenvalue weighted by molar-refractivity contribution is 0.543. The molecule has 0 spiro atoms. The zero-order valence-electron chi connectivity index (χ0n) is 9.71. The maximum atomic E-state index is 12.1. The molecule has 0 aliphatic carbocycles. The first kappa shape index (κ1) is 12.0. The van der Waals surface area contributed by atoms with Gasteiger partial charge in [-0.15, -0.1) is 0 Å². The molecular formula is C12H13ClN2O2S. The summed E-state index contributed by atoms with van der Waals surface area (Å²) < 4.78 is 25.9. The van der Waals surface area contributed by atoms with Gasteiger partial charge in [0.2, 0.25) is 0 Å². The summed E-state index contributed by atoms with van der Waals surface area (Å²) in [5.41, 5.74) is 1.33. The van der Waals surface area contributed by atoms with Crippen molar-refractivity contribution in [3.05, 3.63) is 35.2 Å². The zero-order valence-corrected chi connectivity index (χ0v) is 11.3. The van der Waals surface area contributed by atoms with Crippen LogP contribution in [0.5, 0.6) is 0 Å². The maximum absolute atomic E-state index is 12.1. The van der Waals surface area contributed by atoms with Gasteiger partial charge in [0.15, 0.2) is 9.84 Å². The molecule has 1 unspecified atom stereocenters. The van der Waals surface area contributed by atoms with E-state index in [4.69, 9.17) is 11.6 Å². The predicted molar refractivity (Wildman–Crippen MR) is 70.6 cm³/mol. The number of pyridine rings is 1. The van der Waals surface area contributed by atoms with Gasteiger partial charge in [0.1, 0.15) is 10.9 Å². The standard InChI is InChI=1S/C12H13ClN2O2S/c13-9-4-5-15-8-10(14-12(15)7-9)11-3-1-2-6-18(11,16)17/h4-5,7-8,11H,1-3,6H2. The molecule has 4 nitrogen and oxygen atoms in total. The molecule has 2 aromatic rings. The summed E-state index contributed by atoms with van der Waals surface area (Å²) in [6, 6.07) is 3.50. The van der Waals surface area contributed by atoms with Crippen LogP contribution >= 0.6 is 11.6 Å². The lowest BCUT2D eigenvalue weighted by Crippen LogP contribution is -2.21. The Kier molecular flexibility index (Phi) is 2.83. The molecule has 0 bridgehead atoms. The van der Waals surface area contributed by atoms with Crippen molar-refractivity contribution in [2.45, 2.75) is 24.5 Å². The van der Waals surface area contributed by atoms with E-state index in [0.717, 1.165) is 12.8 Å². The van der Waals surface area contributed by atoms with Crippen molar-refractivity contribution in [2.75, 3.05) is 5.75 Å². The number of nitrogens with zero attached hydrogens (tertiary/aromatic N) is 2. The van der Waals surface area contributed by atoms with Crippen molar-refractivity contribution in [3.8, 4) is 0 Å². The van der Waals surface area contributed by atoms with E-state index in [1.54, 1.807) is 24.5 Å². The van der Waals surface area contributed by atoms with E-state index in [0.29, 0.717) is 22.8 Å². The van der Waals surface area contributed by atoms with Gasteiger partial charge in [0.25, 0.3) is 0 Å². The quantitative estimate of drug-likeness (QED) is 0.809. The Bertz CT molecular complexity index is 693. The van der Waals surface area contributed by atoms with Gasteiger partial charge in [-0.2, -0.15) is 0 Å². The third kappa shape index (κ3) is 2.01. The van der Waals surface area contributed by atoms with Crippen molar-refractivity contribution in [3.63, 3.8) is 0 Å². The van der Waals surface area contributed by atoms with Gasteiger partial charge >= 0.3 is 0 Å². The molecule has 3 heterocycles. The molecule has 0 saturated carbocycles. The molecule has 1 saturated heterocycles. The third-order valence-corrected chi connectivity index (χ3v) is 5.79. The monoisotopic (exact) mass is 284 g/mol. The fourth-order valence-corrected chi connectivity index (χ4v) is 4.47. The van der Waals surface area contributed by atoms with Crippen LogP contribution in [-0.2, 0) is 9.84 Å². The Balaban J connectivity index is 2.08. The number of rotatable bonds is 1. The van der Waals surface area contributed by atoms with Gasteiger partial charge in [-0.3, -0.25) is 0 Å². The molecule has 0 N–H and O–H groups in total. The van der Waals surface area contributed by atoms with E-state index >= 15 is 0 Å². The van der Waals surface area contributed by atoms with Crippen LogP contribution in [-0.4, -0.2) is 23.6 Å². The Morgan fingerprint density at radius 2 is 2.22 bits per heavy atom. The Hall–Kier alpha value is -1.07. The van der Waals surface area contributed by atoms with Crippen LogP contribution in [0.2, 0.25) is 5.02 Å². The van der Waals surface area contributed by atoms with Gasteiger partial charge in [0, 0.05) is 17.4 Å². The first-order valence-corrected chi connectivity index (χ1v) is 8.01. The molecule has 1 aliphatic heterocycles. The van der Waals surface area contributed by atoms with Crippen molar-refractivity contribution in [1.82, 2.24) is 9.38 Å². The summed E-state index contributed by atoms with van der Waals surface area (Å²) in [6.45, 7) is 0. The molecule has 18 heavy (non-hydrogen) atoms. The highest BCUT2D eigenvalue weighted by Crippen LogP contribution is 2.33. The molecule has 1 aliphatic rings. The Labute approximate surface area is 111 Å². The summed E-state index contributed by atoms with van der Waals surface area (Å²) in [6.07, 6.45) is 5.96. The summed E-state index contributed by atoms with van der Waals surface area (Å²) in [5, 5.41) is 0.149. The van der Waals surface area contributed by atoms with Gasteiger partial charge in [-0.1, -0.05) is 18.0 Å². The van der Waals surface area contributed by atoms with Crippen LogP contribution in [0.1, 0.15) is 30.2 Å². The van der Waals surface area contributed by atoms with Crippen LogP contribution in [0.4, 0.5) is 0 Å². The molecule has 0 aromatic carbocycles. The number of hydrogen-bond acceptors (Lipinski definition) is 3. The van der Waals surface area contributed by atoms with E-state index in [1.807, 2.05) is 4.40 Å². The van der Waals surface area contributed by atoms with E-state index in [2.05, 4.69) is 4.98 Å². The van der Waals surface area contributed by atoms with Crippen molar-refractivity contribution >= 4 is 27.1 Å². The van der Waals surface area contributed by atoms with Crippen molar-refractivity contribution in [2.24, 2.45) is 0 Å². The normalized spacial score (nSPS) is 23.3. The first-order chi connectivity index (χ1) is 8.56. The number of hydrogen-bond donors (Lipinski definition) is 0. The molecule has 0 amide bonds. The van der Waals surface area contributed by atoms with Crippen LogP contribution in [0.25, 0.3) is 5.65 Å². The second kappa shape index (κ2) is 4.24. The fourth-order valence-electron chi connectivity index (χ4n) is 2.42. The van der Waals surface area contributed by atoms with E-state index < -0.39 is 15.1 Å². The van der Waals surface area contributed by atoms with Gasteiger partial charge in [0.05, 0.1) is 11.4 Å². The topological polar surface area (TPSA) is 51.4 Å². The van der Waals surface area contributed by atoms with Crippen LogP contribution < -0.4 is 0 Å². The van der Waals surface area contributed by atoms with Crippen LogP contribution in [0.3, 0.4) is 0 Å². The molecule has 3 rings (SSSR count). The van der Waals surface area contributed by atoms with Gasteiger partial charge < -0.3 is 4.40 Å². The average molecular weight is 285 g/mol. The number of sulfone groups is 1. The lowest BCUT2D eigenvalue weighted by Gasteiger charge is -2.20. The van der Waals surface area contributed by atoms with Gasteiger partial charge in [-0.25, -0.2) is 13.4 Å². The molecule has 1 fully saturated rings. The molecule has 6 heteroatoms.